The maximum atomic E-state index is 13.0. The second kappa shape index (κ2) is 9.95. The summed E-state index contributed by atoms with van der Waals surface area (Å²) < 4.78 is 29.4. The van der Waals surface area contributed by atoms with Crippen molar-refractivity contribution < 1.29 is 13.6 Å². The van der Waals surface area contributed by atoms with Crippen LogP contribution in [0.15, 0.2) is 32.7 Å². The average molecular weight is 605 g/mol. The van der Waals surface area contributed by atoms with Crippen molar-refractivity contribution in [3.05, 3.63) is 23.2 Å². The molecule has 0 aromatic carbocycles. The summed E-state index contributed by atoms with van der Waals surface area (Å²) in [5.74, 6) is 0. The van der Waals surface area contributed by atoms with E-state index in [4.69, 9.17) is 14.0 Å². The quantitative estimate of drug-likeness (QED) is 0.210. The molecular formula is C17H19AsBrN6O3PS2. The average Bonchev–Trinajstić information content (AvgIpc) is 3.30. The molecule has 9 nitrogen and oxygen atoms in total. The van der Waals surface area contributed by atoms with E-state index in [0.29, 0.717) is 30.6 Å². The Morgan fingerprint density at radius 3 is 2.71 bits per heavy atom. The SMILES string of the molecule is CCOP(=O)(CCn1c(Sc2nc3cncc(Br)c3s2)nc2c([AsH2])ncnc21)OCC. The van der Waals surface area contributed by atoms with E-state index in [1.165, 1.54) is 34.9 Å². The topological polar surface area (TPSA) is 105 Å². The van der Waals surface area contributed by atoms with Gasteiger partial charge in [0.15, 0.2) is 0 Å². The third-order valence-corrected chi connectivity index (χ3v) is 10.1. The van der Waals surface area contributed by atoms with Crippen LogP contribution in [0, 0.1) is 0 Å². The zero-order chi connectivity index (χ0) is 22.0. The predicted molar refractivity (Wildman–Crippen MR) is 128 cm³/mol. The van der Waals surface area contributed by atoms with E-state index in [-0.39, 0.29) is 6.16 Å². The van der Waals surface area contributed by atoms with Gasteiger partial charge in [-0.25, -0.2) is 0 Å². The van der Waals surface area contributed by atoms with Crippen LogP contribution >= 0.6 is 46.6 Å². The Hall–Kier alpha value is -0.872. The van der Waals surface area contributed by atoms with Crippen molar-refractivity contribution in [3.8, 4) is 0 Å². The molecule has 14 heteroatoms. The molecule has 0 N–H and O–H groups in total. The molecule has 4 rings (SSSR count). The molecule has 0 radical (unpaired) electrons. The number of aryl methyl sites for hydroxylation is 1. The van der Waals surface area contributed by atoms with Crippen molar-refractivity contribution in [1.82, 2.24) is 29.5 Å². The molecular weight excluding hydrogens is 586 g/mol. The van der Waals surface area contributed by atoms with Gasteiger partial charge in [-0.05, 0) is 0 Å². The number of thiazole rings is 1. The number of nitrogens with zero attached hydrogens (tertiary/aromatic N) is 6. The van der Waals surface area contributed by atoms with E-state index in [1.807, 2.05) is 4.57 Å². The van der Waals surface area contributed by atoms with Crippen LogP contribution in [0.3, 0.4) is 0 Å². The van der Waals surface area contributed by atoms with Gasteiger partial charge in [0.2, 0.25) is 0 Å². The molecule has 0 bridgehead atoms. The summed E-state index contributed by atoms with van der Waals surface area (Å²) >= 11 is 7.90. The first-order chi connectivity index (χ1) is 14.9. The monoisotopic (exact) mass is 604 g/mol. The zero-order valence-electron chi connectivity index (χ0n) is 16.7. The van der Waals surface area contributed by atoms with Crippen molar-refractivity contribution in [1.29, 1.82) is 0 Å². The zero-order valence-corrected chi connectivity index (χ0v) is 23.2. The Labute approximate surface area is 204 Å². The number of imidazole rings is 1. The van der Waals surface area contributed by atoms with Crippen LogP contribution in [-0.4, -0.2) is 65.7 Å². The first kappa shape index (κ1) is 23.3. The number of hydrogen-bond acceptors (Lipinski definition) is 10. The van der Waals surface area contributed by atoms with Gasteiger partial charge in [0, 0.05) is 0 Å². The van der Waals surface area contributed by atoms with Gasteiger partial charge in [0.1, 0.15) is 0 Å². The molecule has 4 aromatic rings. The molecule has 0 saturated carbocycles. The van der Waals surface area contributed by atoms with Gasteiger partial charge in [-0.15, -0.1) is 0 Å². The molecule has 164 valence electrons. The van der Waals surface area contributed by atoms with Gasteiger partial charge in [-0.2, -0.15) is 0 Å². The molecule has 0 saturated heterocycles. The number of halogens is 1. The number of rotatable bonds is 9. The molecule has 0 spiro atoms. The Morgan fingerprint density at radius 2 is 2.00 bits per heavy atom. The Bertz CT molecular complexity index is 1280. The third-order valence-electron chi connectivity index (χ3n) is 4.19. The van der Waals surface area contributed by atoms with E-state index >= 15 is 0 Å². The minimum absolute atomic E-state index is 0.219. The summed E-state index contributed by atoms with van der Waals surface area (Å²) in [7, 11) is -3.21. The minimum atomic E-state index is -3.21. The van der Waals surface area contributed by atoms with E-state index in [9.17, 15) is 4.57 Å². The van der Waals surface area contributed by atoms with Gasteiger partial charge in [-0.1, -0.05) is 0 Å². The van der Waals surface area contributed by atoms with Crippen LogP contribution in [0.1, 0.15) is 13.8 Å². The van der Waals surface area contributed by atoms with E-state index in [1.54, 1.807) is 37.6 Å². The van der Waals surface area contributed by atoms with Crippen LogP contribution in [0.2, 0.25) is 0 Å². The van der Waals surface area contributed by atoms with Gasteiger partial charge in [0.25, 0.3) is 0 Å². The number of pyridine rings is 1. The molecule has 0 aliphatic heterocycles. The van der Waals surface area contributed by atoms with E-state index < -0.39 is 7.60 Å². The van der Waals surface area contributed by atoms with Crippen molar-refractivity contribution >= 4 is 89.3 Å². The fraction of sp³-hybridized carbons (Fsp3) is 0.353. The number of aromatic nitrogens is 6. The summed E-state index contributed by atoms with van der Waals surface area (Å²) in [5, 5.41) is 0.706. The molecule has 1 unspecified atom stereocenters. The number of fused-ring (bicyclic) bond motifs is 2. The molecule has 4 heterocycles. The van der Waals surface area contributed by atoms with Crippen LogP contribution < -0.4 is 4.48 Å². The summed E-state index contributed by atoms with van der Waals surface area (Å²) in [5.41, 5.74) is 2.25. The second-order valence-electron chi connectivity index (χ2n) is 6.20. The van der Waals surface area contributed by atoms with E-state index in [2.05, 4.69) is 35.9 Å². The predicted octanol–water partition coefficient (Wildman–Crippen LogP) is 3.27. The van der Waals surface area contributed by atoms with Gasteiger partial charge < -0.3 is 0 Å². The Morgan fingerprint density at radius 1 is 1.23 bits per heavy atom. The van der Waals surface area contributed by atoms with Crippen LogP contribution in [0.5, 0.6) is 0 Å². The molecule has 4 aromatic heterocycles. The standard InChI is InChI=1S/C17H19AsBrN6O3PS2/c1-3-27-29(26,28-4-2)6-5-25-15-12(14(18)21-9-22-15)24-16(25)31-17-23-11-8-20-7-10(19)13(11)30-17/h7-9H,3-6,18H2,1-2H3. The molecule has 31 heavy (non-hydrogen) atoms. The molecule has 0 fully saturated rings. The van der Waals surface area contributed by atoms with E-state index in [0.717, 1.165) is 29.0 Å². The summed E-state index contributed by atoms with van der Waals surface area (Å²) in [6, 6.07) is 0. The van der Waals surface area contributed by atoms with Crippen LogP contribution in [0.25, 0.3) is 21.4 Å². The summed E-state index contributed by atoms with van der Waals surface area (Å²) in [6.45, 7) is 4.64. The third kappa shape index (κ3) is 5.05. The molecule has 1 atom stereocenters. The van der Waals surface area contributed by atoms with Crippen molar-refractivity contribution in [2.24, 2.45) is 0 Å². The Balaban J connectivity index is 1.71. The van der Waals surface area contributed by atoms with Gasteiger partial charge in [-0.3, -0.25) is 0 Å². The van der Waals surface area contributed by atoms with Crippen LogP contribution in [0.4, 0.5) is 0 Å². The first-order valence-electron chi connectivity index (χ1n) is 9.36. The molecule has 0 aliphatic rings. The van der Waals surface area contributed by atoms with Crippen molar-refractivity contribution in [3.63, 3.8) is 0 Å². The normalized spacial score (nSPS) is 12.3. The van der Waals surface area contributed by atoms with Gasteiger partial charge >= 0.3 is 205 Å². The molecule has 0 aliphatic carbocycles. The van der Waals surface area contributed by atoms with Crippen molar-refractivity contribution in [2.45, 2.75) is 29.9 Å². The van der Waals surface area contributed by atoms with Crippen LogP contribution in [-0.2, 0) is 20.2 Å². The van der Waals surface area contributed by atoms with Gasteiger partial charge in [0.05, 0.1) is 0 Å². The summed E-state index contributed by atoms with van der Waals surface area (Å²) in [6.07, 6.45) is 5.24. The maximum absolute atomic E-state index is 13.0. The number of hydrogen-bond donors (Lipinski definition) is 0. The fourth-order valence-corrected chi connectivity index (χ4v) is 7.63. The van der Waals surface area contributed by atoms with Crippen molar-refractivity contribution in [2.75, 3.05) is 19.4 Å². The fourth-order valence-electron chi connectivity index (χ4n) is 2.92. The Kier molecular flexibility index (Phi) is 7.48. The summed E-state index contributed by atoms with van der Waals surface area (Å²) in [4.78, 5) is 22.3. The second-order valence-corrected chi connectivity index (χ2v) is 12.6. The molecule has 0 amide bonds. The first-order valence-corrected chi connectivity index (χ1v) is 14.7.